The topological polar surface area (TPSA) is 67.9 Å². The van der Waals surface area contributed by atoms with E-state index in [4.69, 9.17) is 9.47 Å². The van der Waals surface area contributed by atoms with Crippen molar-refractivity contribution in [3.8, 4) is 11.5 Å². The maximum atomic E-state index is 12.0. The third-order valence-electron chi connectivity index (χ3n) is 4.03. The van der Waals surface area contributed by atoms with Gasteiger partial charge in [0.05, 0.1) is 5.92 Å². The van der Waals surface area contributed by atoms with Gasteiger partial charge in [-0.05, 0) is 24.1 Å². The molecular weight excluding hydrogens is 284 g/mol. The van der Waals surface area contributed by atoms with E-state index >= 15 is 0 Å². The number of carbonyl (C=O) groups is 2. The Labute approximate surface area is 129 Å². The molecule has 1 fully saturated rings. The third kappa shape index (κ3) is 3.16. The van der Waals surface area contributed by atoms with E-state index in [0.717, 1.165) is 23.5 Å². The van der Waals surface area contributed by atoms with Gasteiger partial charge in [-0.1, -0.05) is 6.07 Å². The molecule has 0 spiro atoms. The first kappa shape index (κ1) is 14.7. The first-order valence-corrected chi connectivity index (χ1v) is 7.53. The molecule has 2 amide bonds. The summed E-state index contributed by atoms with van der Waals surface area (Å²) < 4.78 is 11.0. The number of ether oxygens (including phenoxy) is 2. The first-order valence-electron chi connectivity index (χ1n) is 7.53. The lowest BCUT2D eigenvalue weighted by atomic mass is 10.1. The molecule has 0 aromatic heterocycles. The fraction of sp³-hybridized carbons (Fsp3) is 0.500. The van der Waals surface area contributed by atoms with Gasteiger partial charge >= 0.3 is 0 Å². The normalized spacial score (nSPS) is 20.1. The molecule has 6 heteroatoms. The summed E-state index contributed by atoms with van der Waals surface area (Å²) in [7, 11) is 1.73. The van der Waals surface area contributed by atoms with Crippen molar-refractivity contribution in [2.45, 2.75) is 12.8 Å². The minimum Gasteiger partial charge on any atom is -0.486 e. The highest BCUT2D eigenvalue weighted by Crippen LogP contribution is 2.30. The van der Waals surface area contributed by atoms with Crippen molar-refractivity contribution in [1.29, 1.82) is 0 Å². The number of rotatable bonds is 4. The van der Waals surface area contributed by atoms with Gasteiger partial charge in [0.2, 0.25) is 11.8 Å². The second-order valence-corrected chi connectivity index (χ2v) is 5.69. The number of fused-ring (bicyclic) bond motifs is 1. The molecule has 1 unspecified atom stereocenters. The predicted octanol–water partition coefficient (Wildman–Crippen LogP) is 0.595. The fourth-order valence-corrected chi connectivity index (χ4v) is 2.76. The summed E-state index contributed by atoms with van der Waals surface area (Å²) in [4.78, 5) is 25.1. The molecule has 22 heavy (non-hydrogen) atoms. The van der Waals surface area contributed by atoms with Crippen LogP contribution in [0.25, 0.3) is 0 Å². The Morgan fingerprint density at radius 2 is 2.09 bits per heavy atom. The average molecular weight is 304 g/mol. The maximum absolute atomic E-state index is 12.0. The van der Waals surface area contributed by atoms with Crippen LogP contribution in [0.5, 0.6) is 11.5 Å². The Morgan fingerprint density at radius 1 is 1.32 bits per heavy atom. The molecule has 1 saturated heterocycles. The Morgan fingerprint density at radius 3 is 2.82 bits per heavy atom. The number of benzene rings is 1. The number of nitrogens with one attached hydrogen (secondary N) is 1. The van der Waals surface area contributed by atoms with E-state index in [2.05, 4.69) is 5.32 Å². The highest BCUT2D eigenvalue weighted by molar-refractivity contribution is 5.89. The highest BCUT2D eigenvalue weighted by atomic mass is 16.6. The van der Waals surface area contributed by atoms with E-state index in [0.29, 0.717) is 32.7 Å². The van der Waals surface area contributed by atoms with Crippen LogP contribution in [0.15, 0.2) is 18.2 Å². The Kier molecular flexibility index (Phi) is 4.18. The van der Waals surface area contributed by atoms with Gasteiger partial charge in [0.15, 0.2) is 11.5 Å². The zero-order chi connectivity index (χ0) is 15.5. The first-order chi connectivity index (χ1) is 10.6. The number of amides is 2. The Bertz CT molecular complexity index is 588. The Hall–Kier alpha value is -2.24. The average Bonchev–Trinajstić information content (AvgIpc) is 2.86. The molecule has 3 rings (SSSR count). The van der Waals surface area contributed by atoms with Crippen LogP contribution < -0.4 is 14.8 Å². The van der Waals surface area contributed by atoms with Crippen LogP contribution in [0.1, 0.15) is 12.0 Å². The summed E-state index contributed by atoms with van der Waals surface area (Å²) in [6.45, 7) is 2.20. The summed E-state index contributed by atoms with van der Waals surface area (Å²) in [6.07, 6.45) is 1.03. The van der Waals surface area contributed by atoms with Crippen LogP contribution in [0.2, 0.25) is 0 Å². The number of carbonyl (C=O) groups excluding carboxylic acids is 2. The van der Waals surface area contributed by atoms with Gasteiger partial charge in [-0.25, -0.2) is 0 Å². The maximum Gasteiger partial charge on any atom is 0.225 e. The van der Waals surface area contributed by atoms with E-state index in [1.807, 2.05) is 18.2 Å². The van der Waals surface area contributed by atoms with Gasteiger partial charge in [0.1, 0.15) is 13.2 Å². The number of likely N-dealkylation sites (tertiary alicyclic amines) is 1. The molecule has 1 aromatic carbocycles. The Balaban J connectivity index is 1.49. The van der Waals surface area contributed by atoms with Crippen LogP contribution in [-0.2, 0) is 16.0 Å². The molecule has 6 nitrogen and oxygen atoms in total. The number of nitrogens with zero attached hydrogens (tertiary/aromatic N) is 1. The lowest BCUT2D eigenvalue weighted by molar-refractivity contribution is -0.128. The minimum absolute atomic E-state index is 0.0342. The van der Waals surface area contributed by atoms with Crippen molar-refractivity contribution in [1.82, 2.24) is 10.2 Å². The summed E-state index contributed by atoms with van der Waals surface area (Å²) in [5.41, 5.74) is 1.09. The van der Waals surface area contributed by atoms with Crippen LogP contribution in [-0.4, -0.2) is 50.1 Å². The van der Waals surface area contributed by atoms with Crippen molar-refractivity contribution in [2.75, 3.05) is 33.4 Å². The monoisotopic (exact) mass is 304 g/mol. The summed E-state index contributed by atoms with van der Waals surface area (Å²) in [6, 6.07) is 5.83. The molecule has 0 radical (unpaired) electrons. The zero-order valence-corrected chi connectivity index (χ0v) is 12.6. The van der Waals surface area contributed by atoms with E-state index in [1.54, 1.807) is 11.9 Å². The summed E-state index contributed by atoms with van der Waals surface area (Å²) in [5.74, 6) is 1.30. The zero-order valence-electron chi connectivity index (χ0n) is 12.6. The van der Waals surface area contributed by atoms with Crippen molar-refractivity contribution in [3.63, 3.8) is 0 Å². The molecule has 118 valence electrons. The van der Waals surface area contributed by atoms with E-state index in [-0.39, 0.29) is 17.7 Å². The van der Waals surface area contributed by atoms with Crippen molar-refractivity contribution in [3.05, 3.63) is 23.8 Å². The highest BCUT2D eigenvalue weighted by Gasteiger charge is 2.31. The van der Waals surface area contributed by atoms with Crippen LogP contribution in [0.3, 0.4) is 0 Å². The van der Waals surface area contributed by atoms with Gasteiger partial charge in [-0.2, -0.15) is 0 Å². The summed E-state index contributed by atoms with van der Waals surface area (Å²) >= 11 is 0. The molecule has 0 bridgehead atoms. The van der Waals surface area contributed by atoms with Gasteiger partial charge in [-0.3, -0.25) is 9.59 Å². The molecule has 0 aliphatic carbocycles. The third-order valence-corrected chi connectivity index (χ3v) is 4.03. The lowest BCUT2D eigenvalue weighted by Crippen LogP contribution is -2.33. The smallest absolute Gasteiger partial charge is 0.225 e. The van der Waals surface area contributed by atoms with E-state index in [1.165, 1.54) is 0 Å². The van der Waals surface area contributed by atoms with Crippen LogP contribution >= 0.6 is 0 Å². The van der Waals surface area contributed by atoms with Crippen molar-refractivity contribution < 1.29 is 19.1 Å². The van der Waals surface area contributed by atoms with E-state index < -0.39 is 0 Å². The second-order valence-electron chi connectivity index (χ2n) is 5.69. The standard InChI is InChI=1S/C16H20N2O4/c1-18-10-12(9-15(18)19)16(20)17-5-4-11-2-3-13-14(8-11)22-7-6-21-13/h2-3,8,12H,4-7,9-10H2,1H3,(H,17,20). The molecule has 1 atom stereocenters. The molecule has 0 saturated carbocycles. The molecule has 2 aliphatic rings. The quantitative estimate of drug-likeness (QED) is 0.884. The van der Waals surface area contributed by atoms with Crippen LogP contribution in [0, 0.1) is 5.92 Å². The minimum atomic E-state index is -0.224. The van der Waals surface area contributed by atoms with Crippen molar-refractivity contribution in [2.24, 2.45) is 5.92 Å². The molecule has 2 heterocycles. The number of hydrogen-bond acceptors (Lipinski definition) is 4. The molecule has 1 aromatic rings. The van der Waals surface area contributed by atoms with Crippen LogP contribution in [0.4, 0.5) is 0 Å². The van der Waals surface area contributed by atoms with Crippen molar-refractivity contribution >= 4 is 11.8 Å². The fourth-order valence-electron chi connectivity index (χ4n) is 2.76. The second kappa shape index (κ2) is 6.25. The van der Waals surface area contributed by atoms with Gasteiger partial charge in [-0.15, -0.1) is 0 Å². The van der Waals surface area contributed by atoms with E-state index in [9.17, 15) is 9.59 Å². The molecule has 1 N–H and O–H groups in total. The lowest BCUT2D eigenvalue weighted by Gasteiger charge is -2.19. The SMILES string of the molecule is CN1CC(C(=O)NCCc2ccc3c(c2)OCCO3)CC1=O. The van der Waals surface area contributed by atoms with Gasteiger partial charge in [0, 0.05) is 26.6 Å². The number of hydrogen-bond donors (Lipinski definition) is 1. The summed E-state index contributed by atoms with van der Waals surface area (Å²) in [5, 5.41) is 2.90. The largest absolute Gasteiger partial charge is 0.486 e. The molecular formula is C16H20N2O4. The van der Waals surface area contributed by atoms with Gasteiger partial charge in [0.25, 0.3) is 0 Å². The molecule has 2 aliphatic heterocycles. The predicted molar refractivity (Wildman–Crippen MR) is 79.9 cm³/mol. The van der Waals surface area contributed by atoms with Gasteiger partial charge < -0.3 is 19.7 Å².